The van der Waals surface area contributed by atoms with Crippen LogP contribution in [0.25, 0.3) is 10.8 Å². The number of benzene rings is 3. The van der Waals surface area contributed by atoms with E-state index in [0.29, 0.717) is 10.8 Å². The van der Waals surface area contributed by atoms with Gasteiger partial charge in [-0.2, -0.15) is 13.2 Å². The fourth-order valence-corrected chi connectivity index (χ4v) is 2.80. The van der Waals surface area contributed by atoms with E-state index < -0.39 is 23.6 Å². The monoisotopic (exact) mass is 373 g/mol. The van der Waals surface area contributed by atoms with E-state index in [1.54, 1.807) is 30.3 Å². The van der Waals surface area contributed by atoms with Crippen LogP contribution in [0.4, 0.5) is 18.9 Å². The summed E-state index contributed by atoms with van der Waals surface area (Å²) in [5.41, 5.74) is -0.788. The number of aromatic carboxylic acids is 1. The Morgan fingerprint density at radius 3 is 2.33 bits per heavy atom. The number of amides is 1. The van der Waals surface area contributed by atoms with Crippen LogP contribution >= 0.6 is 0 Å². The highest BCUT2D eigenvalue weighted by Gasteiger charge is 2.31. The largest absolute Gasteiger partial charge is 0.478 e. The quantitative estimate of drug-likeness (QED) is 0.715. The third kappa shape index (κ3) is 3.62. The van der Waals surface area contributed by atoms with E-state index in [0.717, 1.165) is 23.1 Å². The van der Waals surface area contributed by atoms with Crippen LogP contribution in [0.1, 0.15) is 26.3 Å². The summed E-state index contributed by atoms with van der Waals surface area (Å²) in [5, 5.41) is 10.6. The van der Waals surface area contributed by atoms with Gasteiger partial charge in [0.1, 0.15) is 0 Å². The number of carbonyl (C=O) groups is 2. The van der Waals surface area contributed by atoms with Gasteiger partial charge in [-0.05, 0) is 41.1 Å². The van der Waals surface area contributed by atoms with Gasteiger partial charge >= 0.3 is 12.1 Å². The summed E-state index contributed by atoms with van der Waals surface area (Å²) >= 11 is 0. The Kier molecular flexibility index (Phi) is 4.61. The van der Waals surface area contributed by atoms with E-state index >= 15 is 0 Å². The molecule has 7 heteroatoms. The number of alkyl halides is 3. The number of carbonyl (C=O) groups excluding carboxylic acids is 1. The first-order valence-electron chi connectivity index (χ1n) is 7.90. The highest BCUT2D eigenvalue weighted by Crippen LogP contribution is 2.31. The highest BCUT2D eigenvalue weighted by molar-refractivity contribution is 6.10. The lowest BCUT2D eigenvalue weighted by molar-refractivity contribution is -0.137. The molecule has 0 aliphatic carbocycles. The van der Waals surface area contributed by atoms with Gasteiger partial charge in [-0.15, -0.1) is 0 Å². The van der Waals surface area contributed by atoms with Gasteiger partial charge in [0.2, 0.25) is 0 Å². The van der Waals surface area contributed by atoms with Crippen LogP contribution in [-0.2, 0) is 6.18 Å². The Morgan fingerprint density at radius 2 is 1.67 bits per heavy atom. The maximum absolute atomic E-state index is 12.9. The summed E-state index contributed by atoms with van der Waals surface area (Å²) in [6.45, 7) is 0. The first-order chi connectivity index (χ1) is 12.7. The Morgan fingerprint density at radius 1 is 0.963 bits per heavy atom. The second kappa shape index (κ2) is 6.75. The summed E-state index contributed by atoms with van der Waals surface area (Å²) in [6, 6.07) is 13.8. The molecule has 0 aliphatic heterocycles. The second-order valence-electron chi connectivity index (χ2n) is 5.96. The van der Waals surface area contributed by atoms with Crippen LogP contribution in [-0.4, -0.2) is 24.0 Å². The van der Waals surface area contributed by atoms with Gasteiger partial charge in [-0.25, -0.2) is 4.79 Å². The standard InChI is InChI=1S/C20H14F3NO3/c1-24(18(25)13-6-4-7-14(9-13)20(21,22)23)15-10-12-5-2-3-8-16(12)17(11-15)19(26)27/h2-11H,1H3,(H,26,27). The Bertz CT molecular complexity index is 1040. The second-order valence-corrected chi connectivity index (χ2v) is 5.96. The third-order valence-electron chi connectivity index (χ3n) is 4.21. The van der Waals surface area contributed by atoms with Gasteiger partial charge in [0.05, 0.1) is 11.1 Å². The van der Waals surface area contributed by atoms with Crippen LogP contribution in [0.15, 0.2) is 60.7 Å². The minimum atomic E-state index is -4.56. The van der Waals surface area contributed by atoms with Crippen molar-refractivity contribution in [1.82, 2.24) is 0 Å². The maximum Gasteiger partial charge on any atom is 0.416 e. The molecular formula is C20H14F3NO3. The van der Waals surface area contributed by atoms with Crippen LogP contribution < -0.4 is 4.90 Å². The minimum Gasteiger partial charge on any atom is -0.478 e. The van der Waals surface area contributed by atoms with Gasteiger partial charge in [0, 0.05) is 18.3 Å². The number of fused-ring (bicyclic) bond motifs is 1. The molecule has 0 atom stereocenters. The number of halogens is 3. The van der Waals surface area contributed by atoms with Crippen molar-refractivity contribution in [1.29, 1.82) is 0 Å². The van der Waals surface area contributed by atoms with Crippen LogP contribution in [0.3, 0.4) is 0 Å². The van der Waals surface area contributed by atoms with Crippen molar-refractivity contribution in [3.8, 4) is 0 Å². The van der Waals surface area contributed by atoms with E-state index in [1.807, 2.05) is 0 Å². The van der Waals surface area contributed by atoms with Crippen molar-refractivity contribution in [2.24, 2.45) is 0 Å². The minimum absolute atomic E-state index is 0.00629. The first kappa shape index (κ1) is 18.4. The van der Waals surface area contributed by atoms with Crippen molar-refractivity contribution in [2.75, 3.05) is 11.9 Å². The van der Waals surface area contributed by atoms with Gasteiger partial charge in [0.15, 0.2) is 0 Å². The molecule has 1 N–H and O–H groups in total. The molecule has 3 aromatic carbocycles. The third-order valence-corrected chi connectivity index (χ3v) is 4.21. The number of rotatable bonds is 3. The van der Waals surface area contributed by atoms with Crippen molar-refractivity contribution in [3.63, 3.8) is 0 Å². The maximum atomic E-state index is 12.9. The number of anilines is 1. The van der Waals surface area contributed by atoms with Crippen LogP contribution in [0.2, 0.25) is 0 Å². The zero-order chi connectivity index (χ0) is 19.8. The smallest absolute Gasteiger partial charge is 0.416 e. The molecule has 0 bridgehead atoms. The van der Waals surface area contributed by atoms with Gasteiger partial charge in [-0.1, -0.05) is 30.3 Å². The summed E-state index contributed by atoms with van der Waals surface area (Å²) in [4.78, 5) is 25.3. The molecule has 0 aliphatic rings. The lowest BCUT2D eigenvalue weighted by atomic mass is 10.0. The highest BCUT2D eigenvalue weighted by atomic mass is 19.4. The molecule has 3 rings (SSSR count). The lowest BCUT2D eigenvalue weighted by Crippen LogP contribution is -2.26. The molecule has 0 spiro atoms. The molecule has 1 amide bonds. The predicted octanol–water partition coefficient (Wildman–Crippen LogP) is 4.83. The molecule has 0 saturated heterocycles. The molecular weight excluding hydrogens is 359 g/mol. The Hall–Kier alpha value is -3.35. The molecule has 0 fully saturated rings. The van der Waals surface area contributed by atoms with Gasteiger partial charge < -0.3 is 10.0 Å². The molecule has 0 saturated carbocycles. The SMILES string of the molecule is CN(C(=O)c1cccc(C(F)(F)F)c1)c1cc(C(=O)O)c2ccccc2c1. The summed E-state index contributed by atoms with van der Waals surface area (Å²) < 4.78 is 38.6. The van der Waals surface area contributed by atoms with Crippen molar-refractivity contribution in [2.45, 2.75) is 6.18 Å². The van der Waals surface area contributed by atoms with E-state index in [-0.39, 0.29) is 16.8 Å². The summed E-state index contributed by atoms with van der Waals surface area (Å²) in [7, 11) is 1.39. The van der Waals surface area contributed by atoms with Crippen molar-refractivity contribution in [3.05, 3.63) is 77.4 Å². The number of carboxylic acid groups (broad SMARTS) is 1. The molecule has 3 aromatic rings. The van der Waals surface area contributed by atoms with E-state index in [4.69, 9.17) is 0 Å². The van der Waals surface area contributed by atoms with Crippen LogP contribution in [0.5, 0.6) is 0 Å². The van der Waals surface area contributed by atoms with Gasteiger partial charge in [-0.3, -0.25) is 4.79 Å². The Labute approximate surface area is 152 Å². The van der Waals surface area contributed by atoms with E-state index in [1.165, 1.54) is 19.2 Å². The number of carboxylic acids is 1. The van der Waals surface area contributed by atoms with Crippen LogP contribution in [0, 0.1) is 0 Å². The number of hydrogen-bond acceptors (Lipinski definition) is 2. The predicted molar refractivity (Wildman–Crippen MR) is 95.1 cm³/mol. The molecule has 4 nitrogen and oxygen atoms in total. The zero-order valence-corrected chi connectivity index (χ0v) is 14.1. The van der Waals surface area contributed by atoms with Crippen molar-refractivity contribution < 1.29 is 27.9 Å². The lowest BCUT2D eigenvalue weighted by Gasteiger charge is -2.19. The molecule has 27 heavy (non-hydrogen) atoms. The summed E-state index contributed by atoms with van der Waals surface area (Å²) in [5.74, 6) is -1.83. The normalized spacial score (nSPS) is 11.4. The van der Waals surface area contributed by atoms with E-state index in [9.17, 15) is 27.9 Å². The number of nitrogens with zero attached hydrogens (tertiary/aromatic N) is 1. The molecule has 0 radical (unpaired) electrons. The van der Waals surface area contributed by atoms with E-state index in [2.05, 4.69) is 0 Å². The average Bonchev–Trinajstić information content (AvgIpc) is 2.65. The first-order valence-corrected chi connectivity index (χ1v) is 7.90. The summed E-state index contributed by atoms with van der Waals surface area (Å²) in [6.07, 6.45) is -4.56. The molecule has 138 valence electrons. The number of hydrogen-bond donors (Lipinski definition) is 1. The topological polar surface area (TPSA) is 57.6 Å². The molecule has 0 aromatic heterocycles. The van der Waals surface area contributed by atoms with Gasteiger partial charge in [0.25, 0.3) is 5.91 Å². The average molecular weight is 373 g/mol. The molecule has 0 unspecified atom stereocenters. The fraction of sp³-hybridized carbons (Fsp3) is 0.100. The fourth-order valence-electron chi connectivity index (χ4n) is 2.80. The van der Waals surface area contributed by atoms with Crippen molar-refractivity contribution >= 4 is 28.3 Å². The zero-order valence-electron chi connectivity index (χ0n) is 14.1. The Balaban J connectivity index is 2.04. The molecule has 0 heterocycles.